The van der Waals surface area contributed by atoms with Crippen molar-refractivity contribution in [1.29, 1.82) is 0 Å². The Bertz CT molecular complexity index is 105. The Morgan fingerprint density at radius 2 is 2.38 bits per heavy atom. The van der Waals surface area contributed by atoms with Gasteiger partial charge in [-0.2, -0.15) is 0 Å². The van der Waals surface area contributed by atoms with Gasteiger partial charge < -0.3 is 5.73 Å². The zero-order chi connectivity index (χ0) is 6.41. The van der Waals surface area contributed by atoms with E-state index in [0.717, 1.165) is 0 Å². The van der Waals surface area contributed by atoms with E-state index >= 15 is 0 Å². The average Bonchev–Trinajstić information content (AvgIpc) is 1.66. The average molecular weight is 153 g/mol. The molecule has 0 unspecified atom stereocenters. The normalized spacial score (nSPS) is 13.0. The minimum absolute atomic E-state index is 0.207. The first-order valence-corrected chi connectivity index (χ1v) is 2.85. The van der Waals surface area contributed by atoms with Crippen molar-refractivity contribution >= 4 is 29.4 Å². The first-order chi connectivity index (χ1) is 3.77. The Hall–Kier alpha value is -0.210. The van der Waals surface area contributed by atoms with Gasteiger partial charge in [0, 0.05) is 6.21 Å². The lowest BCUT2D eigenvalue weighted by Gasteiger charge is -1.78. The molecule has 0 aliphatic carbocycles. The molecule has 0 atom stereocenters. The highest BCUT2D eigenvalue weighted by Crippen LogP contribution is 1.85. The van der Waals surface area contributed by atoms with E-state index in [0.29, 0.717) is 0 Å². The standard InChI is InChI=1S/C4H6Cl2N2/c5-3-8-2-1-4(6)7/h1-2H,3,7H2/b4-1-,8-2-. The number of aliphatic imine (C=N–C) groups is 1. The maximum absolute atomic E-state index is 5.22. The SMILES string of the molecule is N/C(Cl)=C\C=N/CCl. The maximum atomic E-state index is 5.22. The maximum Gasteiger partial charge on any atom is 0.113 e. The number of nitrogens with zero attached hydrogens (tertiary/aromatic N) is 1. The van der Waals surface area contributed by atoms with Crippen molar-refractivity contribution in [1.82, 2.24) is 0 Å². The van der Waals surface area contributed by atoms with E-state index in [1.165, 1.54) is 12.3 Å². The van der Waals surface area contributed by atoms with E-state index in [4.69, 9.17) is 28.9 Å². The van der Waals surface area contributed by atoms with Gasteiger partial charge in [-0.15, -0.1) is 11.6 Å². The molecule has 46 valence electrons. The first kappa shape index (κ1) is 7.79. The molecule has 0 heterocycles. The van der Waals surface area contributed by atoms with Crippen LogP contribution in [-0.2, 0) is 0 Å². The molecule has 0 radical (unpaired) electrons. The van der Waals surface area contributed by atoms with Crippen LogP contribution in [0, 0.1) is 0 Å². The third-order valence-corrected chi connectivity index (χ3v) is 0.672. The van der Waals surface area contributed by atoms with Crippen molar-refractivity contribution in [2.24, 2.45) is 10.7 Å². The molecule has 0 spiro atoms. The van der Waals surface area contributed by atoms with Crippen LogP contribution >= 0.6 is 23.2 Å². The summed E-state index contributed by atoms with van der Waals surface area (Å²) in [4.78, 5) is 3.61. The molecule has 0 aromatic heterocycles. The summed E-state index contributed by atoms with van der Waals surface area (Å²) in [6.07, 6.45) is 2.92. The van der Waals surface area contributed by atoms with Crippen molar-refractivity contribution < 1.29 is 0 Å². The molecule has 0 amide bonds. The summed E-state index contributed by atoms with van der Waals surface area (Å²) in [6, 6.07) is 0.237. The van der Waals surface area contributed by atoms with Crippen LogP contribution in [0.1, 0.15) is 0 Å². The fourth-order valence-electron chi connectivity index (χ4n) is 0.164. The molecular weight excluding hydrogens is 147 g/mol. The Balaban J connectivity index is 3.42. The van der Waals surface area contributed by atoms with Gasteiger partial charge >= 0.3 is 0 Å². The molecular formula is C4H6Cl2N2. The van der Waals surface area contributed by atoms with E-state index in [1.807, 2.05) is 0 Å². The Labute approximate surface area is 58.0 Å². The number of allylic oxidation sites excluding steroid dienone is 1. The van der Waals surface area contributed by atoms with Crippen molar-refractivity contribution in [2.75, 3.05) is 6.00 Å². The highest BCUT2D eigenvalue weighted by Gasteiger charge is 1.71. The van der Waals surface area contributed by atoms with Gasteiger partial charge in [0.25, 0.3) is 0 Å². The van der Waals surface area contributed by atoms with Gasteiger partial charge in [0.15, 0.2) is 0 Å². The quantitative estimate of drug-likeness (QED) is 0.362. The molecule has 8 heavy (non-hydrogen) atoms. The molecule has 0 aliphatic heterocycles. The molecule has 0 saturated heterocycles. The van der Waals surface area contributed by atoms with Gasteiger partial charge in [-0.05, 0) is 6.08 Å². The summed E-state index contributed by atoms with van der Waals surface area (Å²) in [5.74, 6) is 0. The van der Waals surface area contributed by atoms with E-state index in [-0.39, 0.29) is 11.2 Å². The van der Waals surface area contributed by atoms with Gasteiger partial charge in [0.1, 0.15) is 11.2 Å². The summed E-state index contributed by atoms with van der Waals surface area (Å²) in [6.45, 7) is 0. The van der Waals surface area contributed by atoms with Gasteiger partial charge in [-0.1, -0.05) is 11.6 Å². The Morgan fingerprint density at radius 1 is 1.75 bits per heavy atom. The predicted molar refractivity (Wildman–Crippen MR) is 37.3 cm³/mol. The Kier molecular flexibility index (Phi) is 4.81. The molecule has 0 bridgehead atoms. The van der Waals surface area contributed by atoms with Crippen LogP contribution in [0.5, 0.6) is 0 Å². The number of hydrogen-bond donors (Lipinski definition) is 1. The fourth-order valence-corrected chi connectivity index (χ4v) is 0.300. The van der Waals surface area contributed by atoms with Gasteiger partial charge in [0.2, 0.25) is 0 Å². The third kappa shape index (κ3) is 5.79. The number of alkyl halides is 1. The first-order valence-electron chi connectivity index (χ1n) is 1.94. The summed E-state index contributed by atoms with van der Waals surface area (Å²) >= 11 is 10.4. The van der Waals surface area contributed by atoms with Crippen LogP contribution in [0.25, 0.3) is 0 Å². The number of hydrogen-bond acceptors (Lipinski definition) is 2. The molecule has 0 aliphatic rings. The fraction of sp³-hybridized carbons (Fsp3) is 0.250. The zero-order valence-electron chi connectivity index (χ0n) is 4.14. The van der Waals surface area contributed by atoms with Crippen LogP contribution in [0.4, 0.5) is 0 Å². The molecule has 0 saturated carbocycles. The molecule has 0 aromatic rings. The van der Waals surface area contributed by atoms with Crippen LogP contribution < -0.4 is 5.73 Å². The van der Waals surface area contributed by atoms with Crippen LogP contribution in [-0.4, -0.2) is 12.2 Å². The third-order valence-electron chi connectivity index (χ3n) is 0.408. The second-order valence-corrected chi connectivity index (χ2v) is 1.68. The summed E-state index contributed by atoms with van der Waals surface area (Å²) in [5, 5.41) is 0.207. The predicted octanol–water partition coefficient (Wildman–Crippen LogP) is 1.29. The second kappa shape index (κ2) is 4.94. The van der Waals surface area contributed by atoms with Crippen LogP contribution in [0.3, 0.4) is 0 Å². The number of nitrogens with two attached hydrogens (primary N) is 1. The molecule has 0 aromatic carbocycles. The largest absolute Gasteiger partial charge is 0.389 e. The smallest absolute Gasteiger partial charge is 0.113 e. The van der Waals surface area contributed by atoms with E-state index in [2.05, 4.69) is 4.99 Å². The Morgan fingerprint density at radius 3 is 2.75 bits per heavy atom. The summed E-state index contributed by atoms with van der Waals surface area (Å²) in [7, 11) is 0. The number of rotatable bonds is 2. The van der Waals surface area contributed by atoms with Gasteiger partial charge in [-0.25, -0.2) is 0 Å². The van der Waals surface area contributed by atoms with E-state index in [1.54, 1.807) is 0 Å². The summed E-state index contributed by atoms with van der Waals surface area (Å²) < 4.78 is 0. The van der Waals surface area contributed by atoms with Crippen molar-refractivity contribution in [3.63, 3.8) is 0 Å². The van der Waals surface area contributed by atoms with Crippen LogP contribution in [0.2, 0.25) is 0 Å². The molecule has 2 N–H and O–H groups in total. The van der Waals surface area contributed by atoms with Gasteiger partial charge in [0.05, 0.1) is 0 Å². The molecule has 2 nitrogen and oxygen atoms in total. The lowest BCUT2D eigenvalue weighted by atomic mass is 10.7. The zero-order valence-corrected chi connectivity index (χ0v) is 5.65. The second-order valence-electron chi connectivity index (χ2n) is 1.00. The molecule has 0 fully saturated rings. The van der Waals surface area contributed by atoms with E-state index in [9.17, 15) is 0 Å². The highest BCUT2D eigenvalue weighted by molar-refractivity contribution is 6.30. The van der Waals surface area contributed by atoms with E-state index < -0.39 is 0 Å². The van der Waals surface area contributed by atoms with Crippen LogP contribution in [0.15, 0.2) is 16.2 Å². The monoisotopic (exact) mass is 152 g/mol. The highest BCUT2D eigenvalue weighted by atomic mass is 35.5. The summed E-state index contributed by atoms with van der Waals surface area (Å²) in [5.41, 5.74) is 5.03. The molecule has 0 rings (SSSR count). The number of halogens is 2. The van der Waals surface area contributed by atoms with Gasteiger partial charge in [-0.3, -0.25) is 4.99 Å². The minimum atomic E-state index is 0.207. The minimum Gasteiger partial charge on any atom is -0.389 e. The van der Waals surface area contributed by atoms with Crippen molar-refractivity contribution in [3.05, 3.63) is 11.2 Å². The van der Waals surface area contributed by atoms with Crippen molar-refractivity contribution in [2.45, 2.75) is 0 Å². The topological polar surface area (TPSA) is 38.4 Å². The molecule has 4 heteroatoms. The van der Waals surface area contributed by atoms with Crippen molar-refractivity contribution in [3.8, 4) is 0 Å². The lowest BCUT2D eigenvalue weighted by molar-refractivity contribution is 1.39. The lowest BCUT2D eigenvalue weighted by Crippen LogP contribution is -1.86.